The second-order valence-electron chi connectivity index (χ2n) is 6.44. The number of carbonyl (C=O) groups excluding carboxylic acids is 1. The molecule has 1 heterocycles. The van der Waals surface area contributed by atoms with E-state index in [4.69, 9.17) is 0 Å². The van der Waals surface area contributed by atoms with Gasteiger partial charge in [-0.05, 0) is 37.8 Å². The Morgan fingerprint density at radius 1 is 1.00 bits per heavy atom. The Morgan fingerprint density at radius 2 is 1.65 bits per heavy atom. The molecule has 0 atom stereocenters. The largest absolute Gasteiger partial charge is 0.349 e. The van der Waals surface area contributed by atoms with E-state index in [-0.39, 0.29) is 6.04 Å². The predicted octanol–water partition coefficient (Wildman–Crippen LogP) is 3.24. The van der Waals surface area contributed by atoms with E-state index in [0.717, 1.165) is 38.1 Å². The first kappa shape index (κ1) is 16.3. The van der Waals surface area contributed by atoms with Crippen LogP contribution >= 0.6 is 0 Å². The summed E-state index contributed by atoms with van der Waals surface area (Å²) >= 11 is 0. The molecule has 0 unspecified atom stereocenters. The van der Waals surface area contributed by atoms with Crippen LogP contribution in [0.2, 0.25) is 0 Å². The number of nitrogens with one attached hydrogen (secondary N) is 1. The molecule has 1 N–H and O–H groups in total. The average Bonchev–Trinajstić information content (AvgIpc) is 3.08. The van der Waals surface area contributed by atoms with Gasteiger partial charge in [0.05, 0.1) is 5.56 Å². The Hall–Kier alpha value is -1.56. The lowest BCUT2D eigenvalue weighted by Crippen LogP contribution is -2.47. The monoisotopic (exact) mass is 326 g/mol. The number of hydrogen-bond donors (Lipinski definition) is 1. The van der Waals surface area contributed by atoms with Crippen LogP contribution in [0.4, 0.5) is 13.2 Å². The fourth-order valence-corrected chi connectivity index (χ4v) is 3.64. The molecule has 3 rings (SSSR count). The van der Waals surface area contributed by atoms with Crippen LogP contribution < -0.4 is 5.32 Å². The highest BCUT2D eigenvalue weighted by molar-refractivity contribution is 5.94. The minimum atomic E-state index is -1.60. The Balaban J connectivity index is 1.56. The molecule has 1 amide bonds. The number of benzene rings is 1. The molecule has 6 heteroatoms. The summed E-state index contributed by atoms with van der Waals surface area (Å²) in [5, 5.41) is 2.74. The number of hydrogen-bond acceptors (Lipinski definition) is 2. The smallest absolute Gasteiger partial charge is 0.254 e. The molecular formula is C17H21F3N2O. The van der Waals surface area contributed by atoms with Crippen LogP contribution in [0.15, 0.2) is 12.1 Å². The maximum atomic E-state index is 13.6. The lowest BCUT2D eigenvalue weighted by Gasteiger charge is -2.36. The van der Waals surface area contributed by atoms with E-state index >= 15 is 0 Å². The van der Waals surface area contributed by atoms with Crippen molar-refractivity contribution in [1.82, 2.24) is 10.2 Å². The molecule has 1 saturated carbocycles. The SMILES string of the molecule is O=C(NC1CCN(C2CCCC2)CC1)c1ccc(F)c(F)c1F. The Bertz CT molecular complexity index is 579. The van der Waals surface area contributed by atoms with Crippen molar-refractivity contribution in [3.05, 3.63) is 35.1 Å². The minimum absolute atomic E-state index is 0.0485. The predicted molar refractivity (Wildman–Crippen MR) is 80.6 cm³/mol. The first-order valence-electron chi connectivity index (χ1n) is 8.24. The van der Waals surface area contributed by atoms with E-state index in [1.807, 2.05) is 0 Å². The van der Waals surface area contributed by atoms with Gasteiger partial charge in [0.2, 0.25) is 0 Å². The maximum Gasteiger partial charge on any atom is 0.254 e. The molecule has 0 bridgehead atoms. The Labute approximate surface area is 133 Å². The number of amides is 1. The fourth-order valence-electron chi connectivity index (χ4n) is 3.64. The molecule has 3 nitrogen and oxygen atoms in total. The molecule has 126 valence electrons. The molecule has 1 aromatic carbocycles. The van der Waals surface area contributed by atoms with Crippen molar-refractivity contribution in [3.8, 4) is 0 Å². The number of halogens is 3. The minimum Gasteiger partial charge on any atom is -0.349 e. The molecule has 0 spiro atoms. The van der Waals surface area contributed by atoms with Gasteiger partial charge in [-0.2, -0.15) is 0 Å². The lowest BCUT2D eigenvalue weighted by molar-refractivity contribution is 0.0887. The first-order valence-corrected chi connectivity index (χ1v) is 8.24. The van der Waals surface area contributed by atoms with E-state index in [1.54, 1.807) is 0 Å². The van der Waals surface area contributed by atoms with Crippen LogP contribution in [0.25, 0.3) is 0 Å². The zero-order chi connectivity index (χ0) is 16.4. The average molecular weight is 326 g/mol. The van der Waals surface area contributed by atoms with Gasteiger partial charge >= 0.3 is 0 Å². The van der Waals surface area contributed by atoms with Crippen molar-refractivity contribution in [3.63, 3.8) is 0 Å². The van der Waals surface area contributed by atoms with Gasteiger partial charge in [0.25, 0.3) is 5.91 Å². The topological polar surface area (TPSA) is 32.3 Å². The third kappa shape index (κ3) is 3.52. The second-order valence-corrected chi connectivity index (χ2v) is 6.44. The summed E-state index contributed by atoms with van der Waals surface area (Å²) in [6, 6.07) is 2.37. The molecule has 1 aromatic rings. The molecule has 2 fully saturated rings. The van der Waals surface area contributed by atoms with Gasteiger partial charge in [-0.3, -0.25) is 4.79 Å². The van der Waals surface area contributed by atoms with Crippen molar-refractivity contribution >= 4 is 5.91 Å². The highest BCUT2D eigenvalue weighted by atomic mass is 19.2. The number of nitrogens with zero attached hydrogens (tertiary/aromatic N) is 1. The van der Waals surface area contributed by atoms with Gasteiger partial charge in [-0.1, -0.05) is 12.8 Å². The molecule has 23 heavy (non-hydrogen) atoms. The zero-order valence-corrected chi connectivity index (χ0v) is 13.0. The third-order valence-corrected chi connectivity index (χ3v) is 4.99. The van der Waals surface area contributed by atoms with Gasteiger partial charge < -0.3 is 10.2 Å². The van der Waals surface area contributed by atoms with Gasteiger partial charge in [0, 0.05) is 25.2 Å². The van der Waals surface area contributed by atoms with E-state index < -0.39 is 28.9 Å². The van der Waals surface area contributed by atoms with Crippen molar-refractivity contribution in [2.75, 3.05) is 13.1 Å². The molecule has 1 aliphatic heterocycles. The van der Waals surface area contributed by atoms with Crippen molar-refractivity contribution < 1.29 is 18.0 Å². The van der Waals surface area contributed by atoms with Crippen LogP contribution in [0.5, 0.6) is 0 Å². The first-order chi connectivity index (χ1) is 11.1. The summed E-state index contributed by atoms with van der Waals surface area (Å²) in [6.45, 7) is 1.83. The highest BCUT2D eigenvalue weighted by Crippen LogP contribution is 2.26. The highest BCUT2D eigenvalue weighted by Gasteiger charge is 2.28. The summed E-state index contributed by atoms with van der Waals surface area (Å²) in [5.74, 6) is -5.00. The normalized spacial score (nSPS) is 20.8. The number of piperidine rings is 1. The van der Waals surface area contributed by atoms with Crippen molar-refractivity contribution in [2.24, 2.45) is 0 Å². The van der Waals surface area contributed by atoms with E-state index in [2.05, 4.69) is 10.2 Å². The molecular weight excluding hydrogens is 305 g/mol. The molecule has 0 aromatic heterocycles. The zero-order valence-electron chi connectivity index (χ0n) is 13.0. The van der Waals surface area contributed by atoms with E-state index in [9.17, 15) is 18.0 Å². The number of carbonyl (C=O) groups is 1. The van der Waals surface area contributed by atoms with Crippen LogP contribution in [-0.2, 0) is 0 Å². The van der Waals surface area contributed by atoms with E-state index in [1.165, 1.54) is 25.7 Å². The molecule has 1 saturated heterocycles. The van der Waals surface area contributed by atoms with Gasteiger partial charge in [0.1, 0.15) is 0 Å². The maximum absolute atomic E-state index is 13.6. The van der Waals surface area contributed by atoms with Gasteiger partial charge in [-0.25, -0.2) is 13.2 Å². The molecule has 1 aliphatic carbocycles. The molecule has 0 radical (unpaired) electrons. The Morgan fingerprint density at radius 3 is 2.30 bits per heavy atom. The summed E-state index contributed by atoms with van der Waals surface area (Å²) in [4.78, 5) is 14.5. The van der Waals surface area contributed by atoms with Crippen molar-refractivity contribution in [1.29, 1.82) is 0 Å². The fraction of sp³-hybridized carbons (Fsp3) is 0.588. The lowest BCUT2D eigenvalue weighted by atomic mass is 10.0. The third-order valence-electron chi connectivity index (χ3n) is 4.99. The second kappa shape index (κ2) is 6.91. The van der Waals surface area contributed by atoms with Gasteiger partial charge in [-0.15, -0.1) is 0 Å². The van der Waals surface area contributed by atoms with Crippen LogP contribution in [0, 0.1) is 17.5 Å². The standard InChI is InChI=1S/C17H21F3N2O/c18-14-6-5-13(15(19)16(14)20)17(23)21-11-7-9-22(10-8-11)12-3-1-2-4-12/h5-6,11-12H,1-4,7-10H2,(H,21,23). The van der Waals surface area contributed by atoms with Crippen molar-refractivity contribution in [2.45, 2.75) is 50.6 Å². The summed E-state index contributed by atoms with van der Waals surface area (Å²) < 4.78 is 39.8. The number of likely N-dealkylation sites (tertiary alicyclic amines) is 1. The van der Waals surface area contributed by atoms with Crippen LogP contribution in [0.3, 0.4) is 0 Å². The Kier molecular flexibility index (Phi) is 4.90. The van der Waals surface area contributed by atoms with Crippen LogP contribution in [-0.4, -0.2) is 36.0 Å². The quantitative estimate of drug-likeness (QED) is 0.865. The van der Waals surface area contributed by atoms with E-state index in [0.29, 0.717) is 6.04 Å². The molecule has 2 aliphatic rings. The summed E-state index contributed by atoms with van der Waals surface area (Å²) in [6.07, 6.45) is 6.67. The summed E-state index contributed by atoms with van der Waals surface area (Å²) in [5.41, 5.74) is -0.442. The number of rotatable bonds is 3. The summed E-state index contributed by atoms with van der Waals surface area (Å²) in [7, 11) is 0. The van der Waals surface area contributed by atoms with Gasteiger partial charge in [0.15, 0.2) is 17.5 Å². The van der Waals surface area contributed by atoms with Crippen LogP contribution in [0.1, 0.15) is 48.9 Å².